The van der Waals surface area contributed by atoms with E-state index < -0.39 is 0 Å². The molecule has 0 bridgehead atoms. The van der Waals surface area contributed by atoms with Crippen molar-refractivity contribution in [1.82, 2.24) is 9.97 Å². The first-order valence-electron chi connectivity index (χ1n) is 6.76. The number of para-hydroxylation sites is 1. The van der Waals surface area contributed by atoms with Crippen LogP contribution in [0.4, 0.5) is 11.5 Å². The molecule has 5 nitrogen and oxygen atoms in total. The number of hydrogen-bond acceptors (Lipinski definition) is 5. The highest BCUT2D eigenvalue weighted by Gasteiger charge is 2.12. The van der Waals surface area contributed by atoms with Gasteiger partial charge in [-0.25, -0.2) is 9.97 Å². The molecule has 1 aliphatic heterocycles. The van der Waals surface area contributed by atoms with Crippen LogP contribution in [0.25, 0.3) is 10.9 Å². The molecular weight excluding hydrogens is 302 g/mol. The fraction of sp³-hybridized carbons (Fsp3) is 0.125. The standard InChI is InChI=1S/C16H13N3O2.ClH/c1-2-4-13-12(3-1)16(18-10-17-13)19-11-5-6-14-15(9-11)21-8-7-20-14;/h1-6,9-10H,7-8H2,(H,17,18,19);1H. The molecule has 22 heavy (non-hydrogen) atoms. The van der Waals surface area contributed by atoms with E-state index in [4.69, 9.17) is 9.47 Å². The number of fused-ring (bicyclic) bond motifs is 2. The molecule has 0 radical (unpaired) electrons. The molecule has 0 atom stereocenters. The Hall–Kier alpha value is -2.53. The molecule has 0 aliphatic carbocycles. The third-order valence-corrected chi connectivity index (χ3v) is 3.35. The highest BCUT2D eigenvalue weighted by molar-refractivity contribution is 5.90. The van der Waals surface area contributed by atoms with Gasteiger partial charge >= 0.3 is 0 Å². The van der Waals surface area contributed by atoms with Gasteiger partial charge in [0.15, 0.2) is 11.5 Å². The van der Waals surface area contributed by atoms with Crippen LogP contribution in [0.15, 0.2) is 48.8 Å². The normalized spacial score (nSPS) is 12.5. The third-order valence-electron chi connectivity index (χ3n) is 3.35. The first-order chi connectivity index (χ1) is 10.4. The molecule has 1 aromatic heterocycles. The predicted molar refractivity (Wildman–Crippen MR) is 87.5 cm³/mol. The quantitative estimate of drug-likeness (QED) is 0.783. The topological polar surface area (TPSA) is 56.3 Å². The minimum atomic E-state index is 0. The van der Waals surface area contributed by atoms with E-state index in [1.54, 1.807) is 6.33 Å². The van der Waals surface area contributed by atoms with Crippen molar-refractivity contribution in [1.29, 1.82) is 0 Å². The van der Waals surface area contributed by atoms with Gasteiger partial charge in [0.1, 0.15) is 25.4 Å². The Morgan fingerprint density at radius 3 is 2.64 bits per heavy atom. The second kappa shape index (κ2) is 6.07. The molecule has 0 amide bonds. The second-order valence-electron chi connectivity index (χ2n) is 4.72. The number of rotatable bonds is 2. The maximum absolute atomic E-state index is 5.59. The van der Waals surface area contributed by atoms with Gasteiger partial charge in [-0.2, -0.15) is 0 Å². The minimum Gasteiger partial charge on any atom is -0.486 e. The van der Waals surface area contributed by atoms with Crippen LogP contribution in [0.1, 0.15) is 0 Å². The van der Waals surface area contributed by atoms with Gasteiger partial charge in [0.05, 0.1) is 5.52 Å². The summed E-state index contributed by atoms with van der Waals surface area (Å²) in [7, 11) is 0. The van der Waals surface area contributed by atoms with Gasteiger partial charge in [-0.15, -0.1) is 12.4 Å². The van der Waals surface area contributed by atoms with Crippen molar-refractivity contribution in [3.63, 3.8) is 0 Å². The largest absolute Gasteiger partial charge is 0.486 e. The van der Waals surface area contributed by atoms with E-state index in [0.29, 0.717) is 13.2 Å². The van der Waals surface area contributed by atoms with E-state index in [9.17, 15) is 0 Å². The summed E-state index contributed by atoms with van der Waals surface area (Å²) < 4.78 is 11.1. The lowest BCUT2D eigenvalue weighted by atomic mass is 10.2. The Kier molecular flexibility index (Phi) is 3.98. The van der Waals surface area contributed by atoms with Crippen molar-refractivity contribution in [3.05, 3.63) is 48.8 Å². The monoisotopic (exact) mass is 315 g/mol. The second-order valence-corrected chi connectivity index (χ2v) is 4.72. The molecule has 2 aromatic carbocycles. The summed E-state index contributed by atoms with van der Waals surface area (Å²) in [6.07, 6.45) is 1.56. The average Bonchev–Trinajstić information content (AvgIpc) is 2.55. The molecule has 112 valence electrons. The van der Waals surface area contributed by atoms with Crippen molar-refractivity contribution in [2.24, 2.45) is 0 Å². The summed E-state index contributed by atoms with van der Waals surface area (Å²) >= 11 is 0. The van der Waals surface area contributed by atoms with Crippen LogP contribution in [0.5, 0.6) is 11.5 Å². The zero-order valence-electron chi connectivity index (χ0n) is 11.7. The molecule has 6 heteroatoms. The molecule has 0 spiro atoms. The highest BCUT2D eigenvalue weighted by atomic mass is 35.5. The van der Waals surface area contributed by atoms with Gasteiger partial charge in [-0.05, 0) is 24.3 Å². The number of ether oxygens (including phenoxy) is 2. The van der Waals surface area contributed by atoms with Gasteiger partial charge in [-0.3, -0.25) is 0 Å². The van der Waals surface area contributed by atoms with Gasteiger partial charge in [0, 0.05) is 17.1 Å². The zero-order valence-corrected chi connectivity index (χ0v) is 12.5. The van der Waals surface area contributed by atoms with Crippen molar-refractivity contribution in [2.75, 3.05) is 18.5 Å². The first-order valence-corrected chi connectivity index (χ1v) is 6.76. The van der Waals surface area contributed by atoms with E-state index in [0.717, 1.165) is 33.9 Å². The predicted octanol–water partition coefficient (Wildman–Crippen LogP) is 3.57. The van der Waals surface area contributed by atoms with E-state index in [1.165, 1.54) is 0 Å². The van der Waals surface area contributed by atoms with Crippen molar-refractivity contribution >= 4 is 34.8 Å². The van der Waals surface area contributed by atoms with Gasteiger partial charge in [0.2, 0.25) is 0 Å². The summed E-state index contributed by atoms with van der Waals surface area (Å²) in [5.74, 6) is 2.31. The molecule has 3 aromatic rings. The van der Waals surface area contributed by atoms with Crippen LogP contribution < -0.4 is 14.8 Å². The number of nitrogens with one attached hydrogen (secondary N) is 1. The fourth-order valence-corrected chi connectivity index (χ4v) is 2.36. The van der Waals surface area contributed by atoms with Crippen LogP contribution in [0, 0.1) is 0 Å². The Labute approximate surface area is 133 Å². The Bertz CT molecular complexity index is 805. The average molecular weight is 316 g/mol. The number of anilines is 2. The lowest BCUT2D eigenvalue weighted by molar-refractivity contribution is 0.171. The number of halogens is 1. The van der Waals surface area contributed by atoms with E-state index in [-0.39, 0.29) is 12.4 Å². The van der Waals surface area contributed by atoms with E-state index in [1.807, 2.05) is 42.5 Å². The van der Waals surface area contributed by atoms with Crippen molar-refractivity contribution in [2.45, 2.75) is 0 Å². The number of aromatic nitrogens is 2. The van der Waals surface area contributed by atoms with E-state index in [2.05, 4.69) is 15.3 Å². The van der Waals surface area contributed by atoms with Crippen molar-refractivity contribution in [3.8, 4) is 11.5 Å². The van der Waals surface area contributed by atoms with Crippen molar-refractivity contribution < 1.29 is 9.47 Å². The fourth-order valence-electron chi connectivity index (χ4n) is 2.36. The van der Waals surface area contributed by atoms with Gasteiger partial charge in [0.25, 0.3) is 0 Å². The van der Waals surface area contributed by atoms with Crippen LogP contribution in [0.2, 0.25) is 0 Å². The van der Waals surface area contributed by atoms with E-state index >= 15 is 0 Å². The third kappa shape index (κ3) is 2.63. The number of hydrogen-bond donors (Lipinski definition) is 1. The SMILES string of the molecule is Cl.c1ccc2c(Nc3ccc4c(c3)OCCO4)ncnc2c1. The molecule has 2 heterocycles. The lowest BCUT2D eigenvalue weighted by Gasteiger charge is -2.19. The molecule has 0 saturated heterocycles. The Morgan fingerprint density at radius 2 is 1.73 bits per heavy atom. The summed E-state index contributed by atoms with van der Waals surface area (Å²) in [4.78, 5) is 8.58. The smallest absolute Gasteiger partial charge is 0.163 e. The molecule has 4 rings (SSSR count). The maximum atomic E-state index is 5.59. The van der Waals surface area contributed by atoms with Crippen LogP contribution in [-0.2, 0) is 0 Å². The molecule has 0 unspecified atom stereocenters. The molecule has 1 N–H and O–H groups in total. The first kappa shape index (κ1) is 14.4. The molecule has 1 aliphatic rings. The Balaban J connectivity index is 0.00000144. The number of benzene rings is 2. The molecule has 0 saturated carbocycles. The van der Waals surface area contributed by atoms with Crippen LogP contribution in [-0.4, -0.2) is 23.2 Å². The van der Waals surface area contributed by atoms with Crippen LogP contribution >= 0.6 is 12.4 Å². The Morgan fingerprint density at radius 1 is 0.909 bits per heavy atom. The summed E-state index contributed by atoms with van der Waals surface area (Å²) in [6.45, 7) is 1.17. The molecule has 0 fully saturated rings. The summed E-state index contributed by atoms with van der Waals surface area (Å²) in [5, 5.41) is 4.29. The van der Waals surface area contributed by atoms with Gasteiger partial charge in [-0.1, -0.05) is 12.1 Å². The van der Waals surface area contributed by atoms with Gasteiger partial charge < -0.3 is 14.8 Å². The maximum Gasteiger partial charge on any atom is 0.163 e. The number of nitrogens with zero attached hydrogens (tertiary/aromatic N) is 2. The summed E-state index contributed by atoms with van der Waals surface area (Å²) in [5.41, 5.74) is 1.82. The molecular formula is C16H14ClN3O2. The van der Waals surface area contributed by atoms with Crippen LogP contribution in [0.3, 0.4) is 0 Å². The highest BCUT2D eigenvalue weighted by Crippen LogP contribution is 2.34. The summed E-state index contributed by atoms with van der Waals surface area (Å²) in [6, 6.07) is 13.7. The minimum absolute atomic E-state index is 0. The zero-order chi connectivity index (χ0) is 14.1. The lowest BCUT2D eigenvalue weighted by Crippen LogP contribution is -2.15.